The van der Waals surface area contributed by atoms with E-state index in [0.29, 0.717) is 19.5 Å². The summed E-state index contributed by atoms with van der Waals surface area (Å²) in [7, 11) is 0. The van der Waals surface area contributed by atoms with Crippen LogP contribution in [0.25, 0.3) is 0 Å². The highest BCUT2D eigenvalue weighted by molar-refractivity contribution is 5.71. The minimum atomic E-state index is -0.748. The number of aromatic nitrogens is 2. The number of nitrogens with one attached hydrogen (secondary N) is 1. The fraction of sp³-hybridized carbons (Fsp3) is 0.737. The van der Waals surface area contributed by atoms with Crippen molar-refractivity contribution in [1.82, 2.24) is 15.1 Å². The predicted molar refractivity (Wildman–Crippen MR) is 103 cm³/mol. The summed E-state index contributed by atoms with van der Waals surface area (Å²) in [6, 6.07) is 0.270. The van der Waals surface area contributed by atoms with Gasteiger partial charge in [0.25, 0.3) is 0 Å². The number of piperidine rings is 1. The Balaban J connectivity index is 2.02. The zero-order valence-electron chi connectivity index (χ0n) is 17.2. The first-order chi connectivity index (χ1) is 12.4. The summed E-state index contributed by atoms with van der Waals surface area (Å²) in [6.45, 7) is 12.3. The Morgan fingerprint density at radius 2 is 1.96 bits per heavy atom. The third-order valence-electron chi connectivity index (χ3n) is 4.58. The molecule has 27 heavy (non-hydrogen) atoms. The fourth-order valence-electron chi connectivity index (χ4n) is 3.28. The molecule has 0 radical (unpaired) electrons. The lowest BCUT2D eigenvalue weighted by Gasteiger charge is -2.37. The van der Waals surface area contributed by atoms with Crippen LogP contribution < -0.4 is 10.2 Å². The summed E-state index contributed by atoms with van der Waals surface area (Å²) in [4.78, 5) is 25.5. The quantitative estimate of drug-likeness (QED) is 0.815. The first kappa shape index (κ1) is 21.1. The molecule has 8 heteroatoms. The highest BCUT2D eigenvalue weighted by atomic mass is 16.6. The van der Waals surface area contributed by atoms with E-state index in [1.807, 2.05) is 40.8 Å². The molecule has 1 saturated heterocycles. The Hall–Kier alpha value is -2.25. The van der Waals surface area contributed by atoms with Crippen LogP contribution in [0.2, 0.25) is 0 Å². The number of carboxylic acid groups (broad SMARTS) is 1. The van der Waals surface area contributed by atoms with Crippen LogP contribution >= 0.6 is 0 Å². The van der Waals surface area contributed by atoms with Crippen molar-refractivity contribution >= 4 is 17.7 Å². The second kappa shape index (κ2) is 7.78. The van der Waals surface area contributed by atoms with E-state index in [0.717, 1.165) is 12.1 Å². The molecule has 1 aliphatic heterocycles. The molecule has 8 nitrogen and oxygen atoms in total. The van der Waals surface area contributed by atoms with Crippen LogP contribution in [0.4, 0.5) is 10.5 Å². The van der Waals surface area contributed by atoms with Gasteiger partial charge in [0.05, 0.1) is 29.9 Å². The molecule has 2 unspecified atom stereocenters. The number of hydrogen-bond acceptors (Lipinski definition) is 5. The van der Waals surface area contributed by atoms with Gasteiger partial charge in [0.2, 0.25) is 0 Å². The molecule has 1 amide bonds. The van der Waals surface area contributed by atoms with E-state index in [-0.39, 0.29) is 12.0 Å². The molecule has 0 aliphatic carbocycles. The number of nitrogens with zero attached hydrogens (tertiary/aromatic N) is 3. The maximum atomic E-state index is 12.0. The maximum absolute atomic E-state index is 12.0. The van der Waals surface area contributed by atoms with Gasteiger partial charge in [-0.1, -0.05) is 0 Å². The van der Waals surface area contributed by atoms with Crippen LogP contribution in [0.5, 0.6) is 0 Å². The fourth-order valence-corrected chi connectivity index (χ4v) is 3.28. The van der Waals surface area contributed by atoms with E-state index in [1.54, 1.807) is 10.9 Å². The largest absolute Gasteiger partial charge is 0.481 e. The van der Waals surface area contributed by atoms with Crippen LogP contribution in [-0.4, -0.2) is 50.7 Å². The van der Waals surface area contributed by atoms with Gasteiger partial charge in [0, 0.05) is 18.8 Å². The number of rotatable bonds is 5. The Kier molecular flexibility index (Phi) is 6.07. The van der Waals surface area contributed by atoms with Crippen molar-refractivity contribution in [3.63, 3.8) is 0 Å². The Labute approximate surface area is 160 Å². The molecule has 152 valence electrons. The molecule has 2 atom stereocenters. The monoisotopic (exact) mass is 380 g/mol. The smallest absolute Gasteiger partial charge is 0.408 e. The molecule has 1 aliphatic rings. The number of alkyl carbamates (subject to hydrolysis) is 1. The van der Waals surface area contributed by atoms with Crippen molar-refractivity contribution in [2.45, 2.75) is 78.1 Å². The lowest BCUT2D eigenvalue weighted by molar-refractivity contribution is -0.142. The van der Waals surface area contributed by atoms with Crippen molar-refractivity contribution in [2.75, 3.05) is 11.4 Å². The van der Waals surface area contributed by atoms with Gasteiger partial charge in [-0.05, 0) is 54.4 Å². The molecule has 0 saturated carbocycles. The molecule has 1 fully saturated rings. The SMILES string of the molecule is CC1CCC(C(=O)O)CN1c1cnn(CC(C)(C)NC(=O)OC(C)(C)C)c1. The van der Waals surface area contributed by atoms with E-state index in [9.17, 15) is 14.7 Å². The number of carbonyl (C=O) groups is 2. The van der Waals surface area contributed by atoms with Gasteiger partial charge in [-0.15, -0.1) is 0 Å². The standard InChI is InChI=1S/C19H32N4O4/c1-13-7-8-14(16(24)25)10-23(13)15-9-20-22(11-15)12-19(5,6)21-17(26)27-18(2,3)4/h9,11,13-14H,7-8,10,12H2,1-6H3,(H,21,26)(H,24,25). The van der Waals surface area contributed by atoms with Crippen LogP contribution in [0.1, 0.15) is 54.4 Å². The molecule has 1 aromatic heterocycles. The van der Waals surface area contributed by atoms with Gasteiger partial charge in [-0.2, -0.15) is 5.10 Å². The van der Waals surface area contributed by atoms with E-state index < -0.39 is 23.2 Å². The molecule has 1 aromatic rings. The normalized spacial score (nSPS) is 21.0. The lowest BCUT2D eigenvalue weighted by Crippen LogP contribution is -2.48. The number of carboxylic acids is 1. The molecule has 2 heterocycles. The minimum Gasteiger partial charge on any atom is -0.481 e. The lowest BCUT2D eigenvalue weighted by atomic mass is 9.93. The first-order valence-corrected chi connectivity index (χ1v) is 9.39. The van der Waals surface area contributed by atoms with E-state index in [1.165, 1.54) is 0 Å². The maximum Gasteiger partial charge on any atom is 0.408 e. The molecule has 0 spiro atoms. The average Bonchev–Trinajstić information content (AvgIpc) is 2.91. The van der Waals surface area contributed by atoms with Crippen LogP contribution in [-0.2, 0) is 16.1 Å². The minimum absolute atomic E-state index is 0.270. The summed E-state index contributed by atoms with van der Waals surface area (Å²) in [5, 5.41) is 16.6. The number of ether oxygens (including phenoxy) is 1. The van der Waals surface area contributed by atoms with Gasteiger partial charge in [0.1, 0.15) is 5.60 Å². The van der Waals surface area contributed by atoms with Gasteiger partial charge in [-0.25, -0.2) is 4.79 Å². The highest BCUT2D eigenvalue weighted by Crippen LogP contribution is 2.27. The van der Waals surface area contributed by atoms with Crippen LogP contribution in [0, 0.1) is 5.92 Å². The summed E-state index contributed by atoms with van der Waals surface area (Å²) < 4.78 is 7.08. The molecular weight excluding hydrogens is 348 g/mol. The first-order valence-electron chi connectivity index (χ1n) is 9.39. The van der Waals surface area contributed by atoms with Crippen molar-refractivity contribution in [2.24, 2.45) is 5.92 Å². The second-order valence-electron chi connectivity index (χ2n) is 9.02. The van der Waals surface area contributed by atoms with Crippen molar-refractivity contribution < 1.29 is 19.4 Å². The van der Waals surface area contributed by atoms with Crippen LogP contribution in [0.15, 0.2) is 12.4 Å². The van der Waals surface area contributed by atoms with Crippen molar-refractivity contribution in [1.29, 1.82) is 0 Å². The number of hydrogen-bond donors (Lipinski definition) is 2. The zero-order chi connectivity index (χ0) is 20.4. The summed E-state index contributed by atoms with van der Waals surface area (Å²) in [5.41, 5.74) is -0.200. The van der Waals surface area contributed by atoms with Gasteiger partial charge < -0.3 is 20.1 Å². The molecule has 0 aromatic carbocycles. The summed E-state index contributed by atoms with van der Waals surface area (Å²) in [6.07, 6.45) is 4.74. The zero-order valence-corrected chi connectivity index (χ0v) is 17.2. The Morgan fingerprint density at radius 3 is 2.56 bits per heavy atom. The average molecular weight is 380 g/mol. The molecule has 0 bridgehead atoms. The third-order valence-corrected chi connectivity index (χ3v) is 4.58. The van der Waals surface area contributed by atoms with Crippen molar-refractivity contribution in [3.8, 4) is 0 Å². The predicted octanol–water partition coefficient (Wildman–Crippen LogP) is 2.88. The van der Waals surface area contributed by atoms with Crippen LogP contribution in [0.3, 0.4) is 0 Å². The number of anilines is 1. The van der Waals surface area contributed by atoms with E-state index in [4.69, 9.17) is 4.74 Å². The molecule has 2 rings (SSSR count). The van der Waals surface area contributed by atoms with Crippen molar-refractivity contribution in [3.05, 3.63) is 12.4 Å². The van der Waals surface area contributed by atoms with Gasteiger partial charge in [0.15, 0.2) is 0 Å². The highest BCUT2D eigenvalue weighted by Gasteiger charge is 2.31. The Bertz CT molecular complexity index is 677. The molecule has 2 N–H and O–H groups in total. The third kappa shape index (κ3) is 6.15. The van der Waals surface area contributed by atoms with E-state index in [2.05, 4.69) is 22.2 Å². The number of amides is 1. The topological polar surface area (TPSA) is 96.7 Å². The molecular formula is C19H32N4O4. The number of carbonyl (C=O) groups excluding carboxylic acids is 1. The number of aliphatic carboxylic acids is 1. The van der Waals surface area contributed by atoms with Gasteiger partial charge >= 0.3 is 12.1 Å². The second-order valence-corrected chi connectivity index (χ2v) is 9.02. The van der Waals surface area contributed by atoms with E-state index >= 15 is 0 Å². The van der Waals surface area contributed by atoms with Gasteiger partial charge in [-0.3, -0.25) is 9.48 Å². The summed E-state index contributed by atoms with van der Waals surface area (Å²) in [5.74, 6) is -1.10. The Morgan fingerprint density at radius 1 is 1.30 bits per heavy atom. The summed E-state index contributed by atoms with van der Waals surface area (Å²) >= 11 is 0.